The smallest absolute Gasteiger partial charge is 0.319 e. The van der Waals surface area contributed by atoms with Gasteiger partial charge < -0.3 is 11.1 Å². The Kier molecular flexibility index (Phi) is 8.31. The number of benzene rings is 2. The van der Waals surface area contributed by atoms with Crippen LogP contribution in [0.1, 0.15) is 56.0 Å². The number of rotatable bonds is 7. The van der Waals surface area contributed by atoms with Crippen LogP contribution in [0.2, 0.25) is 0 Å². The number of nitrogens with one attached hydrogen (secondary N) is 2. The summed E-state index contributed by atoms with van der Waals surface area (Å²) < 4.78 is 27.4. The summed E-state index contributed by atoms with van der Waals surface area (Å²) in [6.07, 6.45) is 3.25. The van der Waals surface area contributed by atoms with Gasteiger partial charge in [-0.2, -0.15) is 4.31 Å². The second-order valence-corrected chi connectivity index (χ2v) is 13.0. The molecule has 2 aliphatic heterocycles. The maximum absolute atomic E-state index is 13.2. The molecule has 3 heterocycles. The average molecular weight is 582 g/mol. The largest absolute Gasteiger partial charge is 0.351 e. The van der Waals surface area contributed by atoms with Gasteiger partial charge in [-0.3, -0.25) is 19.8 Å². The van der Waals surface area contributed by atoms with Gasteiger partial charge in [0.25, 0.3) is 11.8 Å². The number of sulfonamides is 1. The van der Waals surface area contributed by atoms with E-state index in [-0.39, 0.29) is 16.0 Å². The molecule has 12 heteroatoms. The number of primary amides is 1. The van der Waals surface area contributed by atoms with E-state index in [9.17, 15) is 22.8 Å². The molecule has 0 radical (unpaired) electrons. The number of thiophene rings is 1. The maximum Gasteiger partial charge on any atom is 0.319 e. The monoisotopic (exact) mass is 581 g/mol. The predicted molar refractivity (Wildman–Crippen MR) is 153 cm³/mol. The molecule has 40 heavy (non-hydrogen) atoms. The summed E-state index contributed by atoms with van der Waals surface area (Å²) in [5.74, 6) is -1.16. The summed E-state index contributed by atoms with van der Waals surface area (Å²) in [5, 5.41) is 5.26. The molecule has 1 aromatic heterocycles. The Morgan fingerprint density at radius 3 is 2.27 bits per heavy atom. The van der Waals surface area contributed by atoms with E-state index in [0.717, 1.165) is 36.2 Å². The van der Waals surface area contributed by atoms with Crippen molar-refractivity contribution in [1.82, 2.24) is 14.5 Å². The van der Waals surface area contributed by atoms with Gasteiger partial charge in [0.2, 0.25) is 10.0 Å². The van der Waals surface area contributed by atoms with Crippen molar-refractivity contribution in [2.24, 2.45) is 5.73 Å². The molecule has 0 unspecified atom stereocenters. The highest BCUT2D eigenvalue weighted by molar-refractivity contribution is 7.89. The third-order valence-corrected chi connectivity index (χ3v) is 10.2. The minimum absolute atomic E-state index is 0.137. The molecule has 0 aliphatic carbocycles. The molecule has 2 aliphatic rings. The Balaban J connectivity index is 1.36. The SMILES string of the molecule is NC(=O)NC(=O)c1c(NC(=O)c2ccc(S(=O)(=O)N3CCCCC3)cc2)sc2c1CCN(Cc1ccccc1)C2. The van der Waals surface area contributed by atoms with Gasteiger partial charge >= 0.3 is 6.03 Å². The molecule has 1 saturated heterocycles. The lowest BCUT2D eigenvalue weighted by Crippen LogP contribution is -2.36. The first-order valence-electron chi connectivity index (χ1n) is 13.2. The topological polar surface area (TPSA) is 142 Å². The first kappa shape index (κ1) is 28.0. The van der Waals surface area contributed by atoms with Crippen molar-refractivity contribution in [1.29, 1.82) is 0 Å². The lowest BCUT2D eigenvalue weighted by molar-refractivity contribution is 0.0965. The zero-order valence-corrected chi connectivity index (χ0v) is 23.5. The fraction of sp³-hybridized carbons (Fsp3) is 0.321. The molecular weight excluding hydrogens is 550 g/mol. The summed E-state index contributed by atoms with van der Waals surface area (Å²) in [5.41, 5.74) is 7.65. The predicted octanol–water partition coefficient (Wildman–Crippen LogP) is 3.54. The Morgan fingerprint density at radius 1 is 0.900 bits per heavy atom. The van der Waals surface area contributed by atoms with Crippen LogP contribution in [-0.2, 0) is 29.5 Å². The van der Waals surface area contributed by atoms with Crippen molar-refractivity contribution >= 4 is 44.2 Å². The number of urea groups is 1. The van der Waals surface area contributed by atoms with Crippen LogP contribution in [-0.4, -0.2) is 55.1 Å². The van der Waals surface area contributed by atoms with Crippen molar-refractivity contribution in [3.63, 3.8) is 0 Å². The fourth-order valence-corrected chi connectivity index (χ4v) is 7.94. The second kappa shape index (κ2) is 11.9. The number of fused-ring (bicyclic) bond motifs is 1. The molecule has 1 fully saturated rings. The highest BCUT2D eigenvalue weighted by Gasteiger charge is 2.30. The van der Waals surface area contributed by atoms with Gasteiger partial charge in [0.05, 0.1) is 10.5 Å². The van der Waals surface area contributed by atoms with Crippen molar-refractivity contribution in [3.8, 4) is 0 Å². The van der Waals surface area contributed by atoms with Gasteiger partial charge in [0.15, 0.2) is 0 Å². The van der Waals surface area contributed by atoms with Crippen LogP contribution in [0.3, 0.4) is 0 Å². The van der Waals surface area contributed by atoms with Gasteiger partial charge in [0, 0.05) is 43.2 Å². The van der Waals surface area contributed by atoms with Crippen molar-refractivity contribution in [3.05, 3.63) is 81.7 Å². The molecule has 4 amide bonds. The van der Waals surface area contributed by atoms with E-state index in [1.165, 1.54) is 45.5 Å². The first-order valence-corrected chi connectivity index (χ1v) is 15.4. The highest BCUT2D eigenvalue weighted by Crippen LogP contribution is 2.38. The standard InChI is InChI=1S/C28H31N5O5S2/c29-28(36)31-26(35)24-22-13-16-32(17-19-7-3-1-4-8-19)18-23(22)39-27(24)30-25(34)20-9-11-21(12-10-20)40(37,38)33-14-5-2-6-15-33/h1,3-4,7-12H,2,5-6,13-18H2,(H,30,34)(H3,29,31,35,36). The van der Waals surface area contributed by atoms with Crippen molar-refractivity contribution in [2.45, 2.75) is 43.7 Å². The number of nitrogens with zero attached hydrogens (tertiary/aromatic N) is 2. The van der Waals surface area contributed by atoms with Crippen LogP contribution in [0, 0.1) is 0 Å². The number of hydrogen-bond acceptors (Lipinski definition) is 7. The van der Waals surface area contributed by atoms with Gasteiger partial charge in [-0.1, -0.05) is 36.8 Å². The van der Waals surface area contributed by atoms with Crippen LogP contribution < -0.4 is 16.4 Å². The molecule has 0 bridgehead atoms. The van der Waals surface area contributed by atoms with Crippen LogP contribution in [0.5, 0.6) is 0 Å². The number of imide groups is 1. The first-order chi connectivity index (χ1) is 19.2. The molecule has 3 aromatic rings. The summed E-state index contributed by atoms with van der Waals surface area (Å²) in [7, 11) is -3.62. The number of hydrogen-bond donors (Lipinski definition) is 3. The maximum atomic E-state index is 13.2. The molecule has 4 N–H and O–H groups in total. The number of amides is 4. The Morgan fingerprint density at radius 2 is 1.60 bits per heavy atom. The fourth-order valence-electron chi connectivity index (χ4n) is 5.14. The molecule has 5 rings (SSSR count). The minimum atomic E-state index is -3.62. The number of piperidine rings is 1. The molecule has 210 valence electrons. The van der Waals surface area contributed by atoms with E-state index >= 15 is 0 Å². The van der Waals surface area contributed by atoms with E-state index in [4.69, 9.17) is 5.73 Å². The Bertz CT molecular complexity index is 1510. The van der Waals surface area contributed by atoms with Gasteiger partial charge in [-0.15, -0.1) is 11.3 Å². The molecular formula is C28H31N5O5S2. The number of nitrogens with two attached hydrogens (primary N) is 1. The van der Waals surface area contributed by atoms with Gasteiger partial charge in [0.1, 0.15) is 5.00 Å². The quantitative estimate of drug-likeness (QED) is 0.390. The summed E-state index contributed by atoms with van der Waals surface area (Å²) in [6, 6.07) is 14.9. The summed E-state index contributed by atoms with van der Waals surface area (Å²) in [6.45, 7) is 3.02. The number of carbonyl (C=O) groups is 3. The molecule has 2 aromatic carbocycles. The highest BCUT2D eigenvalue weighted by atomic mass is 32.2. The minimum Gasteiger partial charge on any atom is -0.351 e. The summed E-state index contributed by atoms with van der Waals surface area (Å²) >= 11 is 1.29. The Hall–Kier alpha value is -3.58. The number of carbonyl (C=O) groups excluding carboxylic acids is 3. The average Bonchev–Trinajstić information content (AvgIpc) is 3.31. The lowest BCUT2D eigenvalue weighted by Gasteiger charge is -2.27. The molecule has 0 spiro atoms. The summed E-state index contributed by atoms with van der Waals surface area (Å²) in [4.78, 5) is 40.9. The normalized spacial score (nSPS) is 16.2. The van der Waals surface area contributed by atoms with Crippen molar-refractivity contribution < 1.29 is 22.8 Å². The third-order valence-electron chi connectivity index (χ3n) is 7.15. The zero-order valence-electron chi connectivity index (χ0n) is 21.9. The number of anilines is 1. The molecule has 0 atom stereocenters. The van der Waals surface area contributed by atoms with Crippen LogP contribution >= 0.6 is 11.3 Å². The van der Waals surface area contributed by atoms with Crippen LogP contribution in [0.15, 0.2) is 59.5 Å². The van der Waals surface area contributed by atoms with E-state index < -0.39 is 27.9 Å². The molecule has 0 saturated carbocycles. The van der Waals surface area contributed by atoms with Crippen LogP contribution in [0.25, 0.3) is 0 Å². The third kappa shape index (κ3) is 6.09. The van der Waals surface area contributed by atoms with Crippen LogP contribution in [0.4, 0.5) is 9.80 Å². The Labute approximate surface area is 237 Å². The molecule has 10 nitrogen and oxygen atoms in total. The van der Waals surface area contributed by atoms with E-state index in [0.29, 0.717) is 37.6 Å². The second-order valence-electron chi connectivity index (χ2n) is 9.92. The van der Waals surface area contributed by atoms with Gasteiger partial charge in [-0.25, -0.2) is 13.2 Å². The van der Waals surface area contributed by atoms with E-state index in [1.54, 1.807) is 0 Å². The van der Waals surface area contributed by atoms with E-state index in [1.807, 2.05) is 18.2 Å². The lowest BCUT2D eigenvalue weighted by atomic mass is 10.0. The van der Waals surface area contributed by atoms with Gasteiger partial charge in [-0.05, 0) is 54.7 Å². The zero-order chi connectivity index (χ0) is 28.3. The van der Waals surface area contributed by atoms with E-state index in [2.05, 4.69) is 27.7 Å². The van der Waals surface area contributed by atoms with Crippen molar-refractivity contribution in [2.75, 3.05) is 25.0 Å².